The molecule has 0 spiro atoms. The van der Waals surface area contributed by atoms with Gasteiger partial charge in [0.15, 0.2) is 0 Å². The molecule has 19 heavy (non-hydrogen) atoms. The van der Waals surface area contributed by atoms with Gasteiger partial charge in [-0.05, 0) is 37.1 Å². The zero-order valence-corrected chi connectivity index (χ0v) is 12.3. The molecule has 1 unspecified atom stereocenters. The standard InChI is InChI=1S/C15H19FN2S/c1-10(2)11(3)17-8-14-9-19-15(18-14)12-4-6-13(16)7-5-12/h4-7,9-11,17H,8H2,1-3H3. The molecule has 102 valence electrons. The van der Waals surface area contributed by atoms with Crippen LogP contribution in [0.5, 0.6) is 0 Å². The molecule has 0 fully saturated rings. The number of benzene rings is 1. The SMILES string of the molecule is CC(C)C(C)NCc1csc(-c2ccc(F)cc2)n1. The minimum absolute atomic E-state index is 0.215. The second-order valence-corrected chi connectivity index (χ2v) is 5.92. The van der Waals surface area contributed by atoms with Crippen LogP contribution in [0.4, 0.5) is 4.39 Å². The highest BCUT2D eigenvalue weighted by Crippen LogP contribution is 2.23. The monoisotopic (exact) mass is 278 g/mol. The molecule has 0 saturated carbocycles. The Balaban J connectivity index is 2.01. The fraction of sp³-hybridized carbons (Fsp3) is 0.400. The Bertz CT molecular complexity index is 519. The summed E-state index contributed by atoms with van der Waals surface area (Å²) in [6.45, 7) is 7.35. The largest absolute Gasteiger partial charge is 0.308 e. The second kappa shape index (κ2) is 6.26. The van der Waals surface area contributed by atoms with Crippen molar-refractivity contribution in [3.63, 3.8) is 0 Å². The molecule has 1 aromatic heterocycles. The van der Waals surface area contributed by atoms with E-state index in [2.05, 4.69) is 36.5 Å². The lowest BCUT2D eigenvalue weighted by molar-refractivity contribution is 0.424. The maximum atomic E-state index is 12.9. The fourth-order valence-corrected chi connectivity index (χ4v) is 2.44. The highest BCUT2D eigenvalue weighted by atomic mass is 32.1. The smallest absolute Gasteiger partial charge is 0.123 e. The van der Waals surface area contributed by atoms with E-state index in [9.17, 15) is 4.39 Å². The van der Waals surface area contributed by atoms with Gasteiger partial charge in [0.05, 0.1) is 5.69 Å². The first-order valence-corrected chi connectivity index (χ1v) is 7.38. The fourth-order valence-electron chi connectivity index (χ4n) is 1.61. The molecule has 0 aliphatic heterocycles. The first-order valence-electron chi connectivity index (χ1n) is 6.50. The predicted molar refractivity (Wildman–Crippen MR) is 78.6 cm³/mol. The van der Waals surface area contributed by atoms with Gasteiger partial charge in [-0.25, -0.2) is 9.37 Å². The number of hydrogen-bond donors (Lipinski definition) is 1. The summed E-state index contributed by atoms with van der Waals surface area (Å²) in [5, 5.41) is 6.45. The van der Waals surface area contributed by atoms with Crippen LogP contribution in [0.2, 0.25) is 0 Å². The number of aromatic nitrogens is 1. The summed E-state index contributed by atoms with van der Waals surface area (Å²) in [4.78, 5) is 4.58. The predicted octanol–water partition coefficient (Wildman–Crippen LogP) is 4.08. The maximum Gasteiger partial charge on any atom is 0.123 e. The van der Waals surface area contributed by atoms with Crippen LogP contribution in [-0.4, -0.2) is 11.0 Å². The molecule has 2 nitrogen and oxygen atoms in total. The van der Waals surface area contributed by atoms with Gasteiger partial charge in [-0.1, -0.05) is 13.8 Å². The lowest BCUT2D eigenvalue weighted by atomic mass is 10.1. The van der Waals surface area contributed by atoms with Crippen molar-refractivity contribution in [1.82, 2.24) is 10.3 Å². The molecular weight excluding hydrogens is 259 g/mol. The van der Waals surface area contributed by atoms with E-state index in [1.54, 1.807) is 23.5 Å². The van der Waals surface area contributed by atoms with Crippen LogP contribution < -0.4 is 5.32 Å². The van der Waals surface area contributed by atoms with Gasteiger partial charge in [0.2, 0.25) is 0 Å². The van der Waals surface area contributed by atoms with Gasteiger partial charge in [0, 0.05) is 23.5 Å². The van der Waals surface area contributed by atoms with E-state index in [4.69, 9.17) is 0 Å². The average Bonchev–Trinajstić information content (AvgIpc) is 2.85. The van der Waals surface area contributed by atoms with Crippen LogP contribution >= 0.6 is 11.3 Å². The van der Waals surface area contributed by atoms with Crippen molar-refractivity contribution in [3.05, 3.63) is 41.2 Å². The van der Waals surface area contributed by atoms with Crippen molar-refractivity contribution >= 4 is 11.3 Å². The molecule has 0 aliphatic carbocycles. The normalized spacial score (nSPS) is 12.9. The van der Waals surface area contributed by atoms with E-state index >= 15 is 0 Å². The van der Waals surface area contributed by atoms with Crippen LogP contribution in [0.25, 0.3) is 10.6 Å². The van der Waals surface area contributed by atoms with Crippen LogP contribution in [0.3, 0.4) is 0 Å². The van der Waals surface area contributed by atoms with Crippen molar-refractivity contribution in [2.75, 3.05) is 0 Å². The molecule has 0 saturated heterocycles. The van der Waals surface area contributed by atoms with Crippen molar-refractivity contribution in [2.45, 2.75) is 33.4 Å². The quantitative estimate of drug-likeness (QED) is 0.891. The Kier molecular flexibility index (Phi) is 4.66. The summed E-state index contributed by atoms with van der Waals surface area (Å²) in [6, 6.07) is 6.94. The van der Waals surface area contributed by atoms with Gasteiger partial charge in [-0.3, -0.25) is 0 Å². The van der Waals surface area contributed by atoms with Crippen LogP contribution in [0.1, 0.15) is 26.5 Å². The van der Waals surface area contributed by atoms with Crippen LogP contribution in [0.15, 0.2) is 29.6 Å². The molecule has 0 bridgehead atoms. The molecule has 2 aromatic rings. The third-order valence-corrected chi connectivity index (χ3v) is 4.19. The summed E-state index contributed by atoms with van der Waals surface area (Å²) in [7, 11) is 0. The van der Waals surface area contributed by atoms with Gasteiger partial charge in [0.25, 0.3) is 0 Å². The summed E-state index contributed by atoms with van der Waals surface area (Å²) in [5.41, 5.74) is 2.01. The van der Waals surface area contributed by atoms with Gasteiger partial charge in [0.1, 0.15) is 10.8 Å². The van der Waals surface area contributed by atoms with E-state index in [0.29, 0.717) is 12.0 Å². The van der Waals surface area contributed by atoms with E-state index in [-0.39, 0.29) is 5.82 Å². The molecule has 0 aliphatic rings. The lowest BCUT2D eigenvalue weighted by Gasteiger charge is -2.16. The third kappa shape index (κ3) is 3.85. The third-order valence-electron chi connectivity index (χ3n) is 3.25. The number of halogens is 1. The molecular formula is C15H19FN2S. The molecule has 1 atom stereocenters. The second-order valence-electron chi connectivity index (χ2n) is 5.06. The van der Waals surface area contributed by atoms with Gasteiger partial charge in [-0.2, -0.15) is 0 Å². The Morgan fingerprint density at radius 1 is 1.21 bits per heavy atom. The molecule has 1 aromatic carbocycles. The Morgan fingerprint density at radius 2 is 1.89 bits per heavy atom. The summed E-state index contributed by atoms with van der Waals surface area (Å²) in [6.07, 6.45) is 0. The Hall–Kier alpha value is -1.26. The zero-order valence-electron chi connectivity index (χ0n) is 11.5. The Morgan fingerprint density at radius 3 is 2.53 bits per heavy atom. The summed E-state index contributed by atoms with van der Waals surface area (Å²) >= 11 is 1.60. The van der Waals surface area contributed by atoms with Crippen molar-refractivity contribution in [2.24, 2.45) is 5.92 Å². The molecule has 4 heteroatoms. The van der Waals surface area contributed by atoms with Crippen molar-refractivity contribution in [3.8, 4) is 10.6 Å². The van der Waals surface area contributed by atoms with Gasteiger partial charge in [-0.15, -0.1) is 11.3 Å². The highest BCUT2D eigenvalue weighted by Gasteiger charge is 2.08. The molecule has 2 rings (SSSR count). The minimum atomic E-state index is -0.215. The molecule has 1 heterocycles. The zero-order chi connectivity index (χ0) is 13.8. The number of rotatable bonds is 5. The summed E-state index contributed by atoms with van der Waals surface area (Å²) < 4.78 is 12.9. The minimum Gasteiger partial charge on any atom is -0.308 e. The maximum absolute atomic E-state index is 12.9. The van der Waals surface area contributed by atoms with E-state index in [1.807, 2.05) is 0 Å². The number of nitrogens with one attached hydrogen (secondary N) is 1. The van der Waals surface area contributed by atoms with Crippen molar-refractivity contribution in [1.29, 1.82) is 0 Å². The number of thiazole rings is 1. The van der Waals surface area contributed by atoms with Crippen LogP contribution in [-0.2, 0) is 6.54 Å². The number of hydrogen-bond acceptors (Lipinski definition) is 3. The molecule has 0 radical (unpaired) electrons. The van der Waals surface area contributed by atoms with Crippen molar-refractivity contribution < 1.29 is 4.39 Å². The first-order chi connectivity index (χ1) is 9.06. The Labute approximate surface area is 117 Å². The molecule has 0 amide bonds. The molecule has 1 N–H and O–H groups in total. The number of nitrogens with zero attached hydrogens (tertiary/aromatic N) is 1. The van der Waals surface area contributed by atoms with Gasteiger partial charge < -0.3 is 5.32 Å². The topological polar surface area (TPSA) is 24.9 Å². The van der Waals surface area contributed by atoms with E-state index in [0.717, 1.165) is 22.8 Å². The highest BCUT2D eigenvalue weighted by molar-refractivity contribution is 7.13. The van der Waals surface area contributed by atoms with E-state index < -0.39 is 0 Å². The summed E-state index contributed by atoms with van der Waals surface area (Å²) in [5.74, 6) is 0.392. The van der Waals surface area contributed by atoms with E-state index in [1.165, 1.54) is 12.1 Å². The lowest BCUT2D eigenvalue weighted by Crippen LogP contribution is -2.30. The average molecular weight is 278 g/mol. The van der Waals surface area contributed by atoms with Crippen LogP contribution in [0, 0.1) is 11.7 Å². The first kappa shape index (κ1) is 14.2. The van der Waals surface area contributed by atoms with Gasteiger partial charge >= 0.3 is 0 Å².